The van der Waals surface area contributed by atoms with Gasteiger partial charge in [-0.2, -0.15) is 5.10 Å². The van der Waals surface area contributed by atoms with Crippen molar-refractivity contribution in [2.24, 2.45) is 5.92 Å². The minimum Gasteiger partial charge on any atom is -0.348 e. The maximum atomic E-state index is 4.92. The molecule has 1 saturated carbocycles. The third-order valence-electron chi connectivity index (χ3n) is 6.18. The molecule has 1 aromatic carbocycles. The van der Waals surface area contributed by atoms with E-state index in [-0.39, 0.29) is 0 Å². The Morgan fingerprint density at radius 3 is 2.97 bits per heavy atom. The molecule has 0 amide bonds. The standard InChI is InChI=1S/C23H20BrN7/c24-21-18-13-28-20(11-14-3-4-16(10-14)22-26-8-9-27-22)29-23(18)31(30-21)17-5-6-19-15(12-17)2-1-7-25-19/h1-2,5-9,12-14,16H,3-4,10-11H2,(H,26,27)/t14?,16-/m1/s1. The molecule has 0 bridgehead atoms. The highest BCUT2D eigenvalue weighted by Crippen LogP contribution is 2.38. The van der Waals surface area contributed by atoms with Gasteiger partial charge < -0.3 is 4.98 Å². The highest BCUT2D eigenvalue weighted by Gasteiger charge is 2.28. The molecule has 0 aliphatic heterocycles. The van der Waals surface area contributed by atoms with Crippen LogP contribution in [-0.2, 0) is 6.42 Å². The van der Waals surface area contributed by atoms with E-state index in [0.29, 0.717) is 11.8 Å². The number of hydrogen-bond acceptors (Lipinski definition) is 5. The molecule has 6 rings (SSSR count). The molecule has 154 valence electrons. The number of fused-ring (bicyclic) bond motifs is 2. The number of aromatic amines is 1. The van der Waals surface area contributed by atoms with Gasteiger partial charge in [0.15, 0.2) is 5.65 Å². The second-order valence-electron chi connectivity index (χ2n) is 8.16. The van der Waals surface area contributed by atoms with Crippen LogP contribution in [0.1, 0.15) is 36.8 Å². The molecule has 31 heavy (non-hydrogen) atoms. The van der Waals surface area contributed by atoms with Gasteiger partial charge in [0.05, 0.1) is 16.6 Å². The molecule has 2 atom stereocenters. The predicted octanol–water partition coefficient (Wildman–Crippen LogP) is 4.98. The van der Waals surface area contributed by atoms with Crippen LogP contribution < -0.4 is 0 Å². The van der Waals surface area contributed by atoms with E-state index in [2.05, 4.69) is 53.1 Å². The van der Waals surface area contributed by atoms with Crippen molar-refractivity contribution >= 4 is 37.9 Å². The Morgan fingerprint density at radius 1 is 1.10 bits per heavy atom. The molecule has 1 aliphatic carbocycles. The first-order chi connectivity index (χ1) is 15.2. The Bertz CT molecular complexity index is 1380. The van der Waals surface area contributed by atoms with Crippen LogP contribution in [0.4, 0.5) is 0 Å². The summed E-state index contributed by atoms with van der Waals surface area (Å²) in [6.45, 7) is 0. The number of benzene rings is 1. The minimum atomic E-state index is 0.509. The van der Waals surface area contributed by atoms with Gasteiger partial charge in [-0.25, -0.2) is 19.6 Å². The lowest BCUT2D eigenvalue weighted by Gasteiger charge is -2.10. The molecule has 1 unspecified atom stereocenters. The first-order valence-corrected chi connectivity index (χ1v) is 11.3. The topological polar surface area (TPSA) is 85.2 Å². The number of hydrogen-bond donors (Lipinski definition) is 1. The second-order valence-corrected chi connectivity index (χ2v) is 8.91. The van der Waals surface area contributed by atoms with Gasteiger partial charge >= 0.3 is 0 Å². The lowest BCUT2D eigenvalue weighted by atomic mass is 10.0. The van der Waals surface area contributed by atoms with Crippen LogP contribution in [-0.4, -0.2) is 34.7 Å². The molecule has 0 spiro atoms. The highest BCUT2D eigenvalue weighted by atomic mass is 79.9. The number of nitrogens with zero attached hydrogens (tertiary/aromatic N) is 6. The number of halogens is 1. The number of pyridine rings is 1. The van der Waals surface area contributed by atoms with Gasteiger partial charge in [0.1, 0.15) is 16.3 Å². The minimum absolute atomic E-state index is 0.509. The van der Waals surface area contributed by atoms with E-state index in [1.165, 1.54) is 6.42 Å². The van der Waals surface area contributed by atoms with Crippen LogP contribution in [0.3, 0.4) is 0 Å². The van der Waals surface area contributed by atoms with Crippen molar-refractivity contribution in [2.75, 3.05) is 0 Å². The number of nitrogens with one attached hydrogen (secondary N) is 1. The number of H-pyrrole nitrogens is 1. The molecule has 0 saturated heterocycles. The van der Waals surface area contributed by atoms with E-state index in [9.17, 15) is 0 Å². The zero-order chi connectivity index (χ0) is 20.8. The number of aromatic nitrogens is 7. The van der Waals surface area contributed by atoms with Crippen LogP contribution >= 0.6 is 15.9 Å². The number of imidazole rings is 1. The zero-order valence-corrected chi connectivity index (χ0v) is 18.3. The average Bonchev–Trinajstić information content (AvgIpc) is 3.54. The fourth-order valence-electron chi connectivity index (χ4n) is 4.64. The SMILES string of the molecule is Brc1nn(-c2ccc3ncccc3c2)c2nc(CC3CC[C@@H](c4ncc[nH]4)C3)ncc12. The predicted molar refractivity (Wildman–Crippen MR) is 122 cm³/mol. The molecule has 7 nitrogen and oxygen atoms in total. The summed E-state index contributed by atoms with van der Waals surface area (Å²) in [5, 5.41) is 6.67. The Kier molecular flexibility index (Phi) is 4.52. The molecule has 1 aliphatic rings. The smallest absolute Gasteiger partial charge is 0.167 e. The zero-order valence-electron chi connectivity index (χ0n) is 16.7. The van der Waals surface area contributed by atoms with Gasteiger partial charge in [-0.1, -0.05) is 6.07 Å². The van der Waals surface area contributed by atoms with Crippen molar-refractivity contribution in [3.63, 3.8) is 0 Å². The highest BCUT2D eigenvalue weighted by molar-refractivity contribution is 9.10. The molecule has 1 N–H and O–H groups in total. The normalized spacial score (nSPS) is 18.9. The molecule has 1 fully saturated rings. The van der Waals surface area contributed by atoms with Crippen LogP contribution in [0.2, 0.25) is 0 Å². The van der Waals surface area contributed by atoms with Crippen molar-refractivity contribution in [1.29, 1.82) is 0 Å². The lowest BCUT2D eigenvalue weighted by molar-refractivity contribution is 0.518. The van der Waals surface area contributed by atoms with Gasteiger partial charge in [0, 0.05) is 42.5 Å². The first kappa shape index (κ1) is 18.6. The van der Waals surface area contributed by atoms with E-state index in [1.54, 1.807) is 6.20 Å². The largest absolute Gasteiger partial charge is 0.348 e. The van der Waals surface area contributed by atoms with E-state index in [1.807, 2.05) is 41.5 Å². The van der Waals surface area contributed by atoms with Crippen LogP contribution in [0.25, 0.3) is 27.6 Å². The van der Waals surface area contributed by atoms with Crippen molar-refractivity contribution in [1.82, 2.24) is 34.7 Å². The molecule has 5 aromatic rings. The fourth-order valence-corrected chi connectivity index (χ4v) is 5.08. The summed E-state index contributed by atoms with van der Waals surface area (Å²) < 4.78 is 2.64. The van der Waals surface area contributed by atoms with Crippen molar-refractivity contribution < 1.29 is 0 Å². The summed E-state index contributed by atoms with van der Waals surface area (Å²) in [4.78, 5) is 21.7. The summed E-state index contributed by atoms with van der Waals surface area (Å²) in [5.74, 6) is 3.05. The van der Waals surface area contributed by atoms with Gasteiger partial charge in [-0.3, -0.25) is 4.98 Å². The molecule has 0 radical (unpaired) electrons. The van der Waals surface area contributed by atoms with Crippen LogP contribution in [0, 0.1) is 5.92 Å². The quantitative estimate of drug-likeness (QED) is 0.397. The van der Waals surface area contributed by atoms with Crippen molar-refractivity contribution in [3.05, 3.63) is 71.4 Å². The van der Waals surface area contributed by atoms with Crippen molar-refractivity contribution in [2.45, 2.75) is 31.6 Å². The Hall–Kier alpha value is -3.13. The van der Waals surface area contributed by atoms with Crippen LogP contribution in [0.15, 0.2) is 59.7 Å². The third kappa shape index (κ3) is 3.40. The Labute approximate surface area is 187 Å². The van der Waals surface area contributed by atoms with Gasteiger partial charge in [0.25, 0.3) is 0 Å². The van der Waals surface area contributed by atoms with Crippen molar-refractivity contribution in [3.8, 4) is 5.69 Å². The molecule has 8 heteroatoms. The summed E-state index contributed by atoms with van der Waals surface area (Å²) in [5.41, 5.74) is 2.74. The second kappa shape index (κ2) is 7.53. The average molecular weight is 474 g/mol. The first-order valence-electron chi connectivity index (χ1n) is 10.5. The lowest BCUT2D eigenvalue weighted by Crippen LogP contribution is -2.06. The summed E-state index contributed by atoms with van der Waals surface area (Å²) >= 11 is 3.57. The molecule has 4 aromatic heterocycles. The fraction of sp³-hybridized carbons (Fsp3) is 0.261. The van der Waals surface area contributed by atoms with Gasteiger partial charge in [-0.15, -0.1) is 0 Å². The van der Waals surface area contributed by atoms with Crippen LogP contribution in [0.5, 0.6) is 0 Å². The summed E-state index contributed by atoms with van der Waals surface area (Å²) in [7, 11) is 0. The number of rotatable bonds is 4. The summed E-state index contributed by atoms with van der Waals surface area (Å²) in [6.07, 6.45) is 11.8. The maximum Gasteiger partial charge on any atom is 0.167 e. The molecular weight excluding hydrogens is 454 g/mol. The Balaban J connectivity index is 1.32. The van der Waals surface area contributed by atoms with E-state index >= 15 is 0 Å². The monoisotopic (exact) mass is 473 g/mol. The van der Waals surface area contributed by atoms with E-state index in [0.717, 1.165) is 63.1 Å². The molecule has 4 heterocycles. The van der Waals surface area contributed by atoms with E-state index < -0.39 is 0 Å². The summed E-state index contributed by atoms with van der Waals surface area (Å²) in [6, 6.07) is 10.1. The van der Waals surface area contributed by atoms with Gasteiger partial charge in [-0.05, 0) is 65.4 Å². The third-order valence-corrected chi connectivity index (χ3v) is 6.76. The van der Waals surface area contributed by atoms with Gasteiger partial charge in [0.2, 0.25) is 0 Å². The maximum absolute atomic E-state index is 4.92. The van der Waals surface area contributed by atoms with E-state index in [4.69, 9.17) is 4.98 Å². The molecular formula is C23H20BrN7. The Morgan fingerprint density at radius 2 is 2.06 bits per heavy atom.